The molecule has 2 heterocycles. The molecular formula is C7H6N4O2S2. The third-order valence-electron chi connectivity index (χ3n) is 1.61. The molecule has 0 fully saturated rings. The van der Waals surface area contributed by atoms with Gasteiger partial charge in [-0.05, 0) is 23.1 Å². The largest absolute Gasteiger partial charge is 0.344 e. The molecule has 0 radical (unpaired) electrons. The number of imidazole rings is 1. The minimum Gasteiger partial charge on any atom is -0.329 e. The Morgan fingerprint density at radius 2 is 2.40 bits per heavy atom. The Hall–Kier alpha value is -1.41. The van der Waals surface area contributed by atoms with Crippen LogP contribution in [0.4, 0.5) is 5.00 Å². The van der Waals surface area contributed by atoms with Gasteiger partial charge in [0.25, 0.3) is 0 Å². The molecule has 15 heavy (non-hydrogen) atoms. The van der Waals surface area contributed by atoms with Crippen molar-refractivity contribution in [3.63, 3.8) is 0 Å². The van der Waals surface area contributed by atoms with Crippen molar-refractivity contribution in [1.82, 2.24) is 14.5 Å². The van der Waals surface area contributed by atoms with Gasteiger partial charge in [0.1, 0.15) is 6.20 Å². The lowest BCUT2D eigenvalue weighted by atomic mass is 10.9. The van der Waals surface area contributed by atoms with E-state index in [1.807, 2.05) is 17.8 Å². The Labute approximate surface area is 93.1 Å². The fourth-order valence-corrected chi connectivity index (χ4v) is 2.60. The molecule has 2 rings (SSSR count). The lowest BCUT2D eigenvalue weighted by molar-refractivity contribution is -0.380. The quantitative estimate of drug-likeness (QED) is 0.607. The Kier molecular flexibility index (Phi) is 2.69. The number of nitro groups is 1. The Balaban J connectivity index is 2.18. The summed E-state index contributed by atoms with van der Waals surface area (Å²) in [6.45, 7) is 0. The van der Waals surface area contributed by atoms with Crippen molar-refractivity contribution < 1.29 is 4.92 Å². The van der Waals surface area contributed by atoms with Crippen molar-refractivity contribution in [3.8, 4) is 0 Å². The molecule has 0 spiro atoms. The molecule has 0 unspecified atom stereocenters. The molecule has 0 saturated carbocycles. The minimum absolute atomic E-state index is 0.0479. The van der Waals surface area contributed by atoms with Gasteiger partial charge in [-0.3, -0.25) is 10.1 Å². The number of aromatic nitrogens is 3. The summed E-state index contributed by atoms with van der Waals surface area (Å²) >= 11 is 2.36. The van der Waals surface area contributed by atoms with Crippen molar-refractivity contribution >= 4 is 28.1 Å². The van der Waals surface area contributed by atoms with Gasteiger partial charge in [0.15, 0.2) is 9.50 Å². The SMILES string of the molecule is Cn1ccnc1Sc1ncc([N+](=O)[O-])s1. The van der Waals surface area contributed by atoms with Crippen molar-refractivity contribution in [2.24, 2.45) is 7.05 Å². The van der Waals surface area contributed by atoms with Crippen molar-refractivity contribution in [2.45, 2.75) is 9.50 Å². The summed E-state index contributed by atoms with van der Waals surface area (Å²) in [7, 11) is 1.86. The maximum Gasteiger partial charge on any atom is 0.344 e. The van der Waals surface area contributed by atoms with Gasteiger partial charge in [-0.2, -0.15) is 0 Å². The summed E-state index contributed by atoms with van der Waals surface area (Å²) in [5.41, 5.74) is 0. The van der Waals surface area contributed by atoms with Gasteiger partial charge < -0.3 is 4.57 Å². The van der Waals surface area contributed by atoms with E-state index < -0.39 is 4.92 Å². The lowest BCUT2D eigenvalue weighted by Gasteiger charge is -1.95. The van der Waals surface area contributed by atoms with Crippen LogP contribution in [0.25, 0.3) is 0 Å². The number of thiazole rings is 1. The molecular weight excluding hydrogens is 236 g/mol. The normalized spacial score (nSPS) is 10.5. The van der Waals surface area contributed by atoms with Gasteiger partial charge in [0, 0.05) is 19.4 Å². The van der Waals surface area contributed by atoms with Crippen LogP contribution in [0.5, 0.6) is 0 Å². The zero-order chi connectivity index (χ0) is 10.8. The van der Waals surface area contributed by atoms with E-state index in [0.717, 1.165) is 16.5 Å². The highest BCUT2D eigenvalue weighted by Gasteiger charge is 2.13. The van der Waals surface area contributed by atoms with Crippen LogP contribution in [-0.4, -0.2) is 19.5 Å². The summed E-state index contributed by atoms with van der Waals surface area (Å²) in [5, 5.41) is 11.2. The highest BCUT2D eigenvalue weighted by Crippen LogP contribution is 2.32. The van der Waals surface area contributed by atoms with Crippen LogP contribution in [0.1, 0.15) is 0 Å². The molecule has 0 aliphatic heterocycles. The smallest absolute Gasteiger partial charge is 0.329 e. The highest BCUT2D eigenvalue weighted by atomic mass is 32.2. The molecule has 0 aliphatic carbocycles. The first-order valence-electron chi connectivity index (χ1n) is 3.92. The summed E-state index contributed by atoms with van der Waals surface area (Å²) in [4.78, 5) is 18.0. The van der Waals surface area contributed by atoms with Crippen LogP contribution in [0, 0.1) is 10.1 Å². The third-order valence-corrected chi connectivity index (χ3v) is 3.71. The standard InChI is InChI=1S/C7H6N4O2S2/c1-10-3-2-8-6(10)15-7-9-4-5(14-7)11(12)13/h2-4H,1H3. The lowest BCUT2D eigenvalue weighted by Crippen LogP contribution is -1.87. The van der Waals surface area contributed by atoms with E-state index in [4.69, 9.17) is 0 Å². The maximum absolute atomic E-state index is 10.4. The molecule has 6 nitrogen and oxygen atoms in total. The van der Waals surface area contributed by atoms with Gasteiger partial charge >= 0.3 is 5.00 Å². The van der Waals surface area contributed by atoms with E-state index in [1.54, 1.807) is 6.20 Å². The van der Waals surface area contributed by atoms with Gasteiger partial charge in [0.05, 0.1) is 4.92 Å². The topological polar surface area (TPSA) is 73.8 Å². The summed E-state index contributed by atoms with van der Waals surface area (Å²) in [6, 6.07) is 0. The first-order chi connectivity index (χ1) is 7.16. The molecule has 0 bridgehead atoms. The second kappa shape index (κ2) is 3.99. The number of nitrogens with zero attached hydrogens (tertiary/aromatic N) is 4. The van der Waals surface area contributed by atoms with Gasteiger partial charge in [-0.25, -0.2) is 9.97 Å². The minimum atomic E-state index is -0.444. The average molecular weight is 242 g/mol. The third kappa shape index (κ3) is 2.16. The number of hydrogen-bond donors (Lipinski definition) is 0. The number of hydrogen-bond acceptors (Lipinski definition) is 6. The van der Waals surface area contributed by atoms with E-state index in [2.05, 4.69) is 9.97 Å². The first-order valence-corrected chi connectivity index (χ1v) is 5.55. The Morgan fingerprint density at radius 1 is 1.60 bits per heavy atom. The molecule has 0 aromatic carbocycles. The number of aryl methyl sites for hydroxylation is 1. The zero-order valence-corrected chi connectivity index (χ0v) is 9.29. The second-order valence-corrected chi connectivity index (χ2v) is 4.87. The summed E-state index contributed by atoms with van der Waals surface area (Å²) in [5.74, 6) is 0. The predicted molar refractivity (Wildman–Crippen MR) is 56.1 cm³/mol. The van der Waals surface area contributed by atoms with Crippen molar-refractivity contribution in [2.75, 3.05) is 0 Å². The Bertz CT molecular complexity index is 493. The molecule has 0 N–H and O–H groups in total. The summed E-state index contributed by atoms with van der Waals surface area (Å²) in [6.07, 6.45) is 4.74. The van der Waals surface area contributed by atoms with Crippen LogP contribution in [-0.2, 0) is 7.05 Å². The van der Waals surface area contributed by atoms with Crippen LogP contribution in [0.3, 0.4) is 0 Å². The van der Waals surface area contributed by atoms with E-state index in [9.17, 15) is 10.1 Å². The fourth-order valence-electron chi connectivity index (χ4n) is 0.910. The zero-order valence-electron chi connectivity index (χ0n) is 7.65. The van der Waals surface area contributed by atoms with Gasteiger partial charge in [-0.1, -0.05) is 0 Å². The summed E-state index contributed by atoms with van der Waals surface area (Å²) < 4.78 is 2.45. The molecule has 0 saturated heterocycles. The highest BCUT2D eigenvalue weighted by molar-refractivity contribution is 8.00. The van der Waals surface area contributed by atoms with E-state index in [1.165, 1.54) is 18.0 Å². The van der Waals surface area contributed by atoms with Crippen LogP contribution in [0.15, 0.2) is 28.1 Å². The molecule has 2 aromatic heterocycles. The van der Waals surface area contributed by atoms with Crippen LogP contribution in [0.2, 0.25) is 0 Å². The average Bonchev–Trinajstić information content (AvgIpc) is 2.77. The molecule has 0 amide bonds. The predicted octanol–water partition coefficient (Wildman–Crippen LogP) is 1.94. The fraction of sp³-hybridized carbons (Fsp3) is 0.143. The van der Waals surface area contributed by atoms with Crippen molar-refractivity contribution in [1.29, 1.82) is 0 Å². The van der Waals surface area contributed by atoms with Gasteiger partial charge in [-0.15, -0.1) is 0 Å². The van der Waals surface area contributed by atoms with Crippen molar-refractivity contribution in [3.05, 3.63) is 28.7 Å². The Morgan fingerprint density at radius 3 is 2.93 bits per heavy atom. The van der Waals surface area contributed by atoms with Crippen LogP contribution >= 0.6 is 23.1 Å². The maximum atomic E-state index is 10.4. The molecule has 2 aromatic rings. The molecule has 0 aliphatic rings. The van der Waals surface area contributed by atoms with E-state index >= 15 is 0 Å². The number of rotatable bonds is 3. The van der Waals surface area contributed by atoms with E-state index in [0.29, 0.717) is 4.34 Å². The van der Waals surface area contributed by atoms with Crippen LogP contribution < -0.4 is 0 Å². The molecule has 78 valence electrons. The van der Waals surface area contributed by atoms with Gasteiger partial charge in [0.2, 0.25) is 0 Å². The molecule has 8 heteroatoms. The first kappa shape index (κ1) is 10.1. The monoisotopic (exact) mass is 242 g/mol. The second-order valence-electron chi connectivity index (χ2n) is 2.64. The van der Waals surface area contributed by atoms with E-state index in [-0.39, 0.29) is 5.00 Å². The molecule has 0 atom stereocenters.